The molecule has 0 atom stereocenters. The Hall–Kier alpha value is -2.35. The van der Waals surface area contributed by atoms with E-state index in [-0.39, 0.29) is 25.6 Å². The Bertz CT molecular complexity index is 951. The van der Waals surface area contributed by atoms with Crippen LogP contribution in [0.15, 0.2) is 71.2 Å². The fourth-order valence-electron chi connectivity index (χ4n) is 2.92. The van der Waals surface area contributed by atoms with Crippen LogP contribution >= 0.6 is 24.0 Å². The molecule has 0 radical (unpaired) electrons. The molecule has 0 saturated carbocycles. The van der Waals surface area contributed by atoms with Crippen LogP contribution in [0.1, 0.15) is 16.7 Å². The minimum absolute atomic E-state index is 0. The summed E-state index contributed by atoms with van der Waals surface area (Å²) in [5.74, 6) is 5.58. The van der Waals surface area contributed by atoms with Crippen LogP contribution in [0.3, 0.4) is 0 Å². The van der Waals surface area contributed by atoms with Crippen molar-refractivity contribution in [3.8, 4) is 11.8 Å². The second-order valence-corrected chi connectivity index (χ2v) is 6.06. The lowest BCUT2D eigenvalue weighted by Gasteiger charge is -2.14. The van der Waals surface area contributed by atoms with E-state index in [0.29, 0.717) is 17.1 Å². The fraction of sp³-hybridized carbons (Fsp3) is 0.136. The second kappa shape index (κ2) is 10.1. The molecule has 1 aliphatic heterocycles. The Kier molecular flexibility index (Phi) is 7.84. The van der Waals surface area contributed by atoms with Gasteiger partial charge in [0, 0.05) is 21.7 Å². The zero-order chi connectivity index (χ0) is 18.4. The van der Waals surface area contributed by atoms with Gasteiger partial charge in [-0.2, -0.15) is 0 Å². The summed E-state index contributed by atoms with van der Waals surface area (Å²) in [5, 5.41) is 19.0. The van der Waals surface area contributed by atoms with Crippen molar-refractivity contribution in [2.75, 3.05) is 19.8 Å². The van der Waals surface area contributed by atoms with Crippen LogP contribution in [0.5, 0.6) is 0 Å². The zero-order valence-electron chi connectivity index (χ0n) is 14.5. The van der Waals surface area contributed by atoms with Crippen molar-refractivity contribution >= 4 is 35.3 Å². The molecule has 2 aromatic rings. The van der Waals surface area contributed by atoms with Gasteiger partial charge in [0.15, 0.2) is 0 Å². The molecule has 0 amide bonds. The van der Waals surface area contributed by atoms with Crippen molar-refractivity contribution < 1.29 is 10.2 Å². The maximum Gasteiger partial charge on any atom is 0.104 e. The quantitative estimate of drug-likeness (QED) is 0.768. The first-order chi connectivity index (χ1) is 12.7. The number of allylic oxidation sites excluding steroid dienone is 2. The van der Waals surface area contributed by atoms with Crippen LogP contribution in [0.4, 0.5) is 0 Å². The Morgan fingerprint density at radius 2 is 1.89 bits per heavy atom. The van der Waals surface area contributed by atoms with Crippen molar-refractivity contribution in [3.63, 3.8) is 0 Å². The molecule has 138 valence electrons. The van der Waals surface area contributed by atoms with Crippen LogP contribution in [-0.2, 0) is 0 Å². The number of hydrogen-bond donors (Lipinski definition) is 2. The SMILES string of the molecule is Cl.OCC#CC(=CCO)C1=CCN=C(c2ccccc2)c2cc(Cl)ccc21. The average Bonchev–Trinajstić information content (AvgIpc) is 2.85. The van der Waals surface area contributed by atoms with E-state index in [2.05, 4.69) is 11.8 Å². The summed E-state index contributed by atoms with van der Waals surface area (Å²) in [6.45, 7) is 0.104. The van der Waals surface area contributed by atoms with E-state index in [0.717, 1.165) is 28.0 Å². The first-order valence-electron chi connectivity index (χ1n) is 8.26. The topological polar surface area (TPSA) is 52.8 Å². The third kappa shape index (κ3) is 4.88. The zero-order valence-corrected chi connectivity index (χ0v) is 16.1. The number of benzene rings is 2. The molecule has 0 aromatic heterocycles. The number of hydrogen-bond acceptors (Lipinski definition) is 3. The molecule has 0 spiro atoms. The molecule has 0 aliphatic carbocycles. The van der Waals surface area contributed by atoms with Crippen LogP contribution < -0.4 is 0 Å². The van der Waals surface area contributed by atoms with E-state index < -0.39 is 0 Å². The van der Waals surface area contributed by atoms with Crippen molar-refractivity contribution in [2.45, 2.75) is 0 Å². The molecule has 0 saturated heterocycles. The molecule has 27 heavy (non-hydrogen) atoms. The third-order valence-electron chi connectivity index (χ3n) is 4.01. The number of fused-ring (bicyclic) bond motifs is 1. The molecule has 0 bridgehead atoms. The minimum atomic E-state index is -0.241. The summed E-state index contributed by atoms with van der Waals surface area (Å²) in [6, 6.07) is 15.6. The molecule has 2 aromatic carbocycles. The smallest absolute Gasteiger partial charge is 0.104 e. The van der Waals surface area contributed by atoms with Crippen LogP contribution in [0.25, 0.3) is 5.57 Å². The lowest BCUT2D eigenvalue weighted by Crippen LogP contribution is -2.06. The van der Waals surface area contributed by atoms with Crippen molar-refractivity contribution in [1.82, 2.24) is 0 Å². The molecule has 3 rings (SSSR count). The fourth-order valence-corrected chi connectivity index (χ4v) is 3.09. The summed E-state index contributed by atoms with van der Waals surface area (Å²) >= 11 is 6.26. The molecular weight excluding hydrogens is 381 g/mol. The van der Waals surface area contributed by atoms with Gasteiger partial charge in [-0.15, -0.1) is 12.4 Å². The number of halogens is 2. The molecule has 1 aliphatic rings. The standard InChI is InChI=1S/C22H18ClNO2.ClH/c23-18-8-9-20-19(16(11-14-26)7-4-13-25)10-12-24-22(21(20)15-18)17-5-2-1-3-6-17;/h1-3,5-6,8-11,15,25-26H,12-14H2;1H. The predicted octanol–water partition coefficient (Wildman–Crippen LogP) is 3.91. The molecule has 5 heteroatoms. The molecule has 0 fully saturated rings. The van der Waals surface area contributed by atoms with E-state index >= 15 is 0 Å². The van der Waals surface area contributed by atoms with E-state index in [4.69, 9.17) is 21.7 Å². The van der Waals surface area contributed by atoms with Gasteiger partial charge in [-0.25, -0.2) is 0 Å². The van der Waals surface area contributed by atoms with Gasteiger partial charge in [0.25, 0.3) is 0 Å². The largest absolute Gasteiger partial charge is 0.392 e. The van der Waals surface area contributed by atoms with Gasteiger partial charge in [-0.05, 0) is 29.3 Å². The lowest BCUT2D eigenvalue weighted by molar-refractivity contribution is 0.342. The van der Waals surface area contributed by atoms with Gasteiger partial charge in [0.1, 0.15) is 6.61 Å². The Morgan fingerprint density at radius 3 is 2.59 bits per heavy atom. The van der Waals surface area contributed by atoms with Gasteiger partial charge < -0.3 is 10.2 Å². The summed E-state index contributed by atoms with van der Waals surface area (Å²) in [6.07, 6.45) is 3.62. The van der Waals surface area contributed by atoms with Crippen LogP contribution in [0, 0.1) is 11.8 Å². The van der Waals surface area contributed by atoms with E-state index in [1.165, 1.54) is 0 Å². The summed E-state index contributed by atoms with van der Waals surface area (Å²) in [7, 11) is 0. The van der Waals surface area contributed by atoms with Gasteiger partial charge >= 0.3 is 0 Å². The van der Waals surface area contributed by atoms with Gasteiger partial charge in [-0.1, -0.05) is 65.9 Å². The lowest BCUT2D eigenvalue weighted by atomic mass is 9.90. The summed E-state index contributed by atoms with van der Waals surface area (Å²) < 4.78 is 0. The molecule has 1 heterocycles. The summed E-state index contributed by atoms with van der Waals surface area (Å²) in [5.41, 5.74) is 5.28. The highest BCUT2D eigenvalue weighted by atomic mass is 35.5. The number of aliphatic imine (C=N–C) groups is 1. The van der Waals surface area contributed by atoms with Crippen LogP contribution in [-0.4, -0.2) is 35.7 Å². The Labute approximate surface area is 170 Å². The van der Waals surface area contributed by atoms with Gasteiger partial charge in [-0.3, -0.25) is 4.99 Å². The first kappa shape index (κ1) is 21.0. The predicted molar refractivity (Wildman–Crippen MR) is 114 cm³/mol. The van der Waals surface area contributed by atoms with E-state index in [1.54, 1.807) is 6.08 Å². The number of rotatable bonds is 3. The van der Waals surface area contributed by atoms with Crippen molar-refractivity contribution in [3.05, 3.63) is 88.0 Å². The second-order valence-electron chi connectivity index (χ2n) is 5.62. The normalized spacial score (nSPS) is 13.2. The molecule has 0 unspecified atom stereocenters. The highest BCUT2D eigenvalue weighted by Gasteiger charge is 2.19. The summed E-state index contributed by atoms with van der Waals surface area (Å²) in [4.78, 5) is 4.74. The third-order valence-corrected chi connectivity index (χ3v) is 4.24. The minimum Gasteiger partial charge on any atom is -0.392 e. The highest BCUT2D eigenvalue weighted by molar-refractivity contribution is 6.31. The van der Waals surface area contributed by atoms with E-state index in [1.807, 2.05) is 54.6 Å². The monoisotopic (exact) mass is 399 g/mol. The molecular formula is C22H19Cl2NO2. The van der Waals surface area contributed by atoms with Gasteiger partial charge in [0.05, 0.1) is 18.9 Å². The van der Waals surface area contributed by atoms with Crippen molar-refractivity contribution in [2.24, 2.45) is 4.99 Å². The van der Waals surface area contributed by atoms with E-state index in [9.17, 15) is 5.11 Å². The highest BCUT2D eigenvalue weighted by Crippen LogP contribution is 2.31. The molecule has 3 nitrogen and oxygen atoms in total. The Morgan fingerprint density at radius 1 is 1.11 bits per heavy atom. The maximum atomic E-state index is 9.38. The van der Waals surface area contributed by atoms with Gasteiger partial charge in [0.2, 0.25) is 0 Å². The maximum absolute atomic E-state index is 9.38. The number of nitrogens with zero attached hydrogens (tertiary/aromatic N) is 1. The number of aliphatic hydroxyl groups excluding tert-OH is 2. The first-order valence-corrected chi connectivity index (χ1v) is 8.64. The molecule has 2 N–H and O–H groups in total. The average molecular weight is 400 g/mol. The Balaban J connectivity index is 0.00000261. The van der Waals surface area contributed by atoms with Crippen molar-refractivity contribution in [1.29, 1.82) is 0 Å². The number of aliphatic hydroxyl groups is 2. The van der Waals surface area contributed by atoms with Crippen LogP contribution in [0.2, 0.25) is 5.02 Å².